The number of fused-ring (bicyclic) bond motifs is 2. The summed E-state index contributed by atoms with van der Waals surface area (Å²) in [6, 6.07) is 19.2. The van der Waals surface area contributed by atoms with E-state index >= 15 is 0 Å². The Morgan fingerprint density at radius 1 is 0.962 bits per heavy atom. The van der Waals surface area contributed by atoms with E-state index in [0.717, 1.165) is 94.1 Å². The van der Waals surface area contributed by atoms with Gasteiger partial charge in [-0.2, -0.15) is 9.97 Å². The molecule has 0 bridgehead atoms. The normalized spacial score (nSPS) is 18.7. The fourth-order valence-electron chi connectivity index (χ4n) is 11.5. The molecule has 79 heavy (non-hydrogen) atoms. The summed E-state index contributed by atoms with van der Waals surface area (Å²) >= 11 is 1.55. The van der Waals surface area contributed by atoms with Crippen molar-refractivity contribution in [2.75, 3.05) is 81.9 Å². The molecule has 0 spiro atoms. The van der Waals surface area contributed by atoms with Crippen molar-refractivity contribution in [3.8, 4) is 28.0 Å². The first-order valence-electron chi connectivity index (χ1n) is 27.7. The van der Waals surface area contributed by atoms with Gasteiger partial charge in [-0.3, -0.25) is 24.6 Å². The molecule has 4 aliphatic rings. The van der Waals surface area contributed by atoms with Gasteiger partial charge in [-0.1, -0.05) is 55.1 Å². The lowest BCUT2D eigenvalue weighted by Crippen LogP contribution is -2.49. The summed E-state index contributed by atoms with van der Waals surface area (Å²) in [5.74, 6) is -0.701. The molecule has 0 radical (unpaired) electrons. The summed E-state index contributed by atoms with van der Waals surface area (Å²) in [6.07, 6.45) is 4.22. The number of phenolic OH excluding ortho intramolecular Hbond substituents is 1. The number of anilines is 2. The fraction of sp³-hybridized carbons (Fsp3) is 0.475. The predicted octanol–water partition coefficient (Wildman–Crippen LogP) is 6.51. The summed E-state index contributed by atoms with van der Waals surface area (Å²) in [5.41, 5.74) is 7.94. The Hall–Kier alpha value is -6.97. The summed E-state index contributed by atoms with van der Waals surface area (Å²) in [5, 5.41) is 34.3. The Balaban J connectivity index is 0.753. The van der Waals surface area contributed by atoms with Crippen LogP contribution in [0.3, 0.4) is 0 Å². The van der Waals surface area contributed by atoms with Crippen LogP contribution < -0.4 is 29.9 Å². The molecule has 3 fully saturated rings. The van der Waals surface area contributed by atoms with Gasteiger partial charge in [0, 0.05) is 93.5 Å². The largest absolute Gasteiger partial charge is 0.508 e. The number of likely N-dealkylation sites (tertiary alicyclic amines) is 1. The fourth-order valence-corrected chi connectivity index (χ4v) is 12.3. The number of rotatable bonds is 20. The highest BCUT2D eigenvalue weighted by Crippen LogP contribution is 2.38. The van der Waals surface area contributed by atoms with Crippen molar-refractivity contribution >= 4 is 51.3 Å². The number of ether oxygens (including phenoxy) is 3. The maximum Gasteiger partial charge on any atom is 0.318 e. The number of aryl methyl sites for hydroxylation is 2. The van der Waals surface area contributed by atoms with Gasteiger partial charge in [0.1, 0.15) is 41.7 Å². The number of hydrogen-bond acceptors (Lipinski definition) is 18. The van der Waals surface area contributed by atoms with Crippen LogP contribution in [0.4, 0.5) is 11.5 Å². The molecule has 3 aromatic carbocycles. The molecule has 418 valence electrons. The first-order chi connectivity index (χ1) is 38.3. The molecule has 20 heteroatoms. The smallest absolute Gasteiger partial charge is 0.318 e. The van der Waals surface area contributed by atoms with Crippen molar-refractivity contribution in [1.82, 2.24) is 40.5 Å². The SMILES string of the molecule is C=CC(=O)N1CCN(c2nc(O[C@H](C)CN3CCC(OCCOc4cc(-c5scnc5C)ccc4CC(O)C(C)C(C(=O)NC(=O)[C@@H]4CCCN4)c4cc(C)no4)CC3)nc3c2CCN(c2cc(O)cc4ccccc24)C3)CC1. The van der Waals surface area contributed by atoms with Crippen molar-refractivity contribution in [2.24, 2.45) is 5.92 Å². The first-order valence-corrected chi connectivity index (χ1v) is 28.5. The standard InChI is InChI=1S/C59H72N10O9S/c1-6-53(72)67-22-24-68(25-23-67)56-46-17-21-69(49-32-43(70)29-40-10-7-8-11-45(40)49)34-48(46)62-59(63-56)77-37(3)33-66-19-15-44(16-20-66)75-26-27-76-51-31-42(55-39(5)61-35-79-55)14-13-41(51)30-50(71)38(4)54(52-28-36(2)65-78-52)58(74)64-57(73)47-12-9-18-60-47/h6-8,10-11,13-14,28-29,31-32,35,37-38,44,47,50,54,60,70-71H,1,9,12,15-27,30,33-34H2,2-5H3,(H,64,73,74)/t37-,38?,47+,50?,54?/m1/s1. The van der Waals surface area contributed by atoms with Crippen molar-refractivity contribution < 1.29 is 43.3 Å². The van der Waals surface area contributed by atoms with E-state index in [1.807, 2.05) is 59.8 Å². The molecule has 3 amide bonds. The topological polar surface area (TPSA) is 221 Å². The number of amides is 3. The van der Waals surface area contributed by atoms with Gasteiger partial charge < -0.3 is 49.0 Å². The molecule has 6 aromatic rings. The molecule has 19 nitrogen and oxygen atoms in total. The second-order valence-electron chi connectivity index (χ2n) is 21.3. The summed E-state index contributed by atoms with van der Waals surface area (Å²) in [7, 11) is 0. The zero-order valence-electron chi connectivity index (χ0n) is 45.6. The van der Waals surface area contributed by atoms with Crippen LogP contribution in [-0.4, -0.2) is 154 Å². The number of benzene rings is 3. The van der Waals surface area contributed by atoms with Crippen LogP contribution in [-0.2, 0) is 38.5 Å². The van der Waals surface area contributed by atoms with Gasteiger partial charge in [0.2, 0.25) is 17.7 Å². The number of carbonyl (C=O) groups excluding carboxylic acids is 3. The van der Waals surface area contributed by atoms with Crippen LogP contribution in [0.25, 0.3) is 21.2 Å². The Bertz CT molecular complexity index is 3130. The van der Waals surface area contributed by atoms with Crippen molar-refractivity contribution in [3.63, 3.8) is 0 Å². The van der Waals surface area contributed by atoms with Crippen LogP contribution in [0, 0.1) is 19.8 Å². The summed E-state index contributed by atoms with van der Waals surface area (Å²) < 4.78 is 25.1. The minimum absolute atomic E-state index is 0.0453. The molecule has 7 heterocycles. The molecule has 3 saturated heterocycles. The number of aromatic nitrogens is 4. The number of imide groups is 1. The van der Waals surface area contributed by atoms with Gasteiger partial charge in [0.15, 0.2) is 0 Å². The predicted molar refractivity (Wildman–Crippen MR) is 302 cm³/mol. The van der Waals surface area contributed by atoms with Crippen molar-refractivity contribution in [3.05, 3.63) is 113 Å². The molecule has 0 saturated carbocycles. The zero-order valence-corrected chi connectivity index (χ0v) is 46.4. The molecule has 0 aliphatic carbocycles. The third-order valence-electron chi connectivity index (χ3n) is 15.8. The highest BCUT2D eigenvalue weighted by molar-refractivity contribution is 7.13. The number of aliphatic hydroxyl groups is 1. The number of phenols is 1. The van der Waals surface area contributed by atoms with E-state index in [1.165, 1.54) is 6.08 Å². The third kappa shape index (κ3) is 13.1. The number of thiazole rings is 1. The Morgan fingerprint density at radius 2 is 1.77 bits per heavy atom. The maximum absolute atomic E-state index is 13.8. The van der Waals surface area contributed by atoms with Crippen LogP contribution in [0.15, 0.2) is 83.4 Å². The first kappa shape index (κ1) is 55.3. The molecule has 5 atom stereocenters. The van der Waals surface area contributed by atoms with E-state index in [2.05, 4.69) is 55.0 Å². The number of piperidine rings is 1. The van der Waals surface area contributed by atoms with E-state index in [-0.39, 0.29) is 42.7 Å². The average Bonchev–Trinajstić information content (AvgIpc) is 4.33. The molecular weight excluding hydrogens is 1020 g/mol. The van der Waals surface area contributed by atoms with E-state index < -0.39 is 35.8 Å². The minimum Gasteiger partial charge on any atom is -0.508 e. The van der Waals surface area contributed by atoms with Crippen molar-refractivity contribution in [1.29, 1.82) is 0 Å². The van der Waals surface area contributed by atoms with E-state index in [1.54, 1.807) is 37.3 Å². The summed E-state index contributed by atoms with van der Waals surface area (Å²) in [6.45, 7) is 18.6. The molecule has 4 N–H and O–H groups in total. The number of nitrogens with one attached hydrogen (secondary N) is 2. The Labute approximate surface area is 464 Å². The van der Waals surface area contributed by atoms with Crippen molar-refractivity contribution in [2.45, 2.75) is 103 Å². The average molecular weight is 1100 g/mol. The molecule has 4 aliphatic heterocycles. The highest BCUT2D eigenvalue weighted by Gasteiger charge is 2.38. The van der Waals surface area contributed by atoms with E-state index in [9.17, 15) is 24.6 Å². The number of piperazine rings is 1. The third-order valence-corrected chi connectivity index (χ3v) is 16.8. The number of aromatic hydroxyl groups is 1. The van der Waals surface area contributed by atoms with Gasteiger partial charge in [0.05, 0.1) is 58.9 Å². The molecule has 10 rings (SSSR count). The number of hydrogen-bond donors (Lipinski definition) is 4. The van der Waals surface area contributed by atoms with Crippen LogP contribution in [0.5, 0.6) is 17.5 Å². The number of aliphatic hydroxyl groups excluding tert-OH is 1. The second-order valence-corrected chi connectivity index (χ2v) is 22.2. The molecule has 3 aromatic heterocycles. The maximum atomic E-state index is 13.8. The van der Waals surface area contributed by atoms with Gasteiger partial charge in [-0.05, 0) is 94.1 Å². The van der Waals surface area contributed by atoms with Gasteiger partial charge in [-0.15, -0.1) is 11.3 Å². The monoisotopic (exact) mass is 1100 g/mol. The lowest BCUT2D eigenvalue weighted by Gasteiger charge is -2.38. The lowest BCUT2D eigenvalue weighted by atomic mass is 9.83. The van der Waals surface area contributed by atoms with Crippen LogP contribution in [0.1, 0.15) is 79.4 Å². The second kappa shape index (κ2) is 25.0. The highest BCUT2D eigenvalue weighted by atomic mass is 32.1. The molecular formula is C59H72N10O9S. The quantitative estimate of drug-likeness (QED) is 0.0473. The number of nitrogens with zero attached hydrogens (tertiary/aromatic N) is 8. The van der Waals surface area contributed by atoms with Gasteiger partial charge in [-0.25, -0.2) is 4.98 Å². The molecule has 3 unspecified atom stereocenters. The Kier molecular flexibility index (Phi) is 17.5. The minimum atomic E-state index is -1.02. The Morgan fingerprint density at radius 3 is 2.51 bits per heavy atom. The van der Waals surface area contributed by atoms with Gasteiger partial charge >= 0.3 is 6.01 Å². The number of carbonyl (C=O) groups is 3. The van der Waals surface area contributed by atoms with Crippen LogP contribution >= 0.6 is 11.3 Å². The van der Waals surface area contributed by atoms with Crippen LogP contribution in [0.2, 0.25) is 0 Å². The van der Waals surface area contributed by atoms with E-state index in [0.29, 0.717) is 82.7 Å². The van der Waals surface area contributed by atoms with E-state index in [4.69, 9.17) is 28.7 Å². The lowest BCUT2D eigenvalue weighted by molar-refractivity contribution is -0.134. The zero-order chi connectivity index (χ0) is 55.2. The summed E-state index contributed by atoms with van der Waals surface area (Å²) in [4.78, 5) is 63.6. The van der Waals surface area contributed by atoms with Gasteiger partial charge in [0.25, 0.3) is 0 Å².